The van der Waals surface area contributed by atoms with Crippen LogP contribution >= 0.6 is 11.8 Å². The molecule has 0 heterocycles. The van der Waals surface area contributed by atoms with Crippen LogP contribution in [0.25, 0.3) is 0 Å². The van der Waals surface area contributed by atoms with Crippen LogP contribution < -0.4 is 5.84 Å². The number of likely N-dealkylation sites (N-methyl/N-ethyl adjacent to an activating group) is 1. The standard InChI is InChI=1S/C10H16N2OS.C4H4O4/c1-12(11)7-9(13)8-14-10-5-3-2-4-6-10;5-3(6)1-2-4(7)8/h2-6,9,13H,7-8,11H2,1H3;1-2H,(H,5,6)(H,7,8)/b;2-1+. The van der Waals surface area contributed by atoms with Crippen LogP contribution in [-0.4, -0.2) is 57.7 Å². The summed E-state index contributed by atoms with van der Waals surface area (Å²) in [5.41, 5.74) is 0. The van der Waals surface area contributed by atoms with Crippen molar-refractivity contribution in [2.45, 2.75) is 11.0 Å². The fraction of sp³-hybridized carbons (Fsp3) is 0.286. The van der Waals surface area contributed by atoms with Gasteiger partial charge in [0.15, 0.2) is 0 Å². The first-order chi connectivity index (χ1) is 10.3. The highest BCUT2D eigenvalue weighted by atomic mass is 32.2. The molecular formula is C14H20N2O5S. The molecule has 0 spiro atoms. The van der Waals surface area contributed by atoms with Gasteiger partial charge in [0, 0.05) is 36.4 Å². The Hall–Kier alpha value is -1.87. The first kappa shape index (κ1) is 20.1. The molecule has 0 amide bonds. The molecule has 5 N–H and O–H groups in total. The second-order valence-electron chi connectivity index (χ2n) is 4.23. The number of hydrazine groups is 1. The molecule has 7 nitrogen and oxygen atoms in total. The molecular weight excluding hydrogens is 308 g/mol. The molecule has 1 atom stereocenters. The Morgan fingerprint density at radius 1 is 1.23 bits per heavy atom. The van der Waals surface area contributed by atoms with Gasteiger partial charge in [0.25, 0.3) is 0 Å². The van der Waals surface area contributed by atoms with Crippen LogP contribution in [0.3, 0.4) is 0 Å². The minimum atomic E-state index is -1.26. The number of carbonyl (C=O) groups is 2. The van der Waals surface area contributed by atoms with Crippen molar-refractivity contribution in [3.8, 4) is 0 Å². The SMILES string of the molecule is CN(N)CC(O)CSc1ccccc1.O=C(O)/C=C/C(=O)O. The van der Waals surface area contributed by atoms with Crippen LogP contribution in [0.2, 0.25) is 0 Å². The molecule has 0 aromatic heterocycles. The number of thioether (sulfide) groups is 1. The Bertz CT molecular complexity index is 463. The Morgan fingerprint density at radius 3 is 2.14 bits per heavy atom. The van der Waals surface area contributed by atoms with E-state index in [9.17, 15) is 14.7 Å². The fourth-order valence-electron chi connectivity index (χ4n) is 1.24. The van der Waals surface area contributed by atoms with Crippen LogP contribution in [0.1, 0.15) is 0 Å². The van der Waals surface area contributed by atoms with Gasteiger partial charge in [-0.2, -0.15) is 0 Å². The summed E-state index contributed by atoms with van der Waals surface area (Å²) < 4.78 is 0. The summed E-state index contributed by atoms with van der Waals surface area (Å²) in [5, 5.41) is 26.7. The molecule has 1 aromatic rings. The molecule has 1 unspecified atom stereocenters. The predicted octanol–water partition coefficient (Wildman–Crippen LogP) is 0.657. The summed E-state index contributed by atoms with van der Waals surface area (Å²) in [6.45, 7) is 0.500. The first-order valence-electron chi connectivity index (χ1n) is 6.27. The second kappa shape index (κ2) is 11.8. The van der Waals surface area contributed by atoms with Crippen molar-refractivity contribution >= 4 is 23.7 Å². The summed E-state index contributed by atoms with van der Waals surface area (Å²) in [5.74, 6) is 3.58. The van der Waals surface area contributed by atoms with Gasteiger partial charge in [0.05, 0.1) is 6.10 Å². The maximum Gasteiger partial charge on any atom is 0.328 e. The van der Waals surface area contributed by atoms with Crippen molar-refractivity contribution in [3.63, 3.8) is 0 Å². The number of rotatable bonds is 7. The van der Waals surface area contributed by atoms with Crippen molar-refractivity contribution in [1.82, 2.24) is 5.01 Å². The lowest BCUT2D eigenvalue weighted by Gasteiger charge is -2.14. The number of aliphatic carboxylic acids is 2. The van der Waals surface area contributed by atoms with E-state index in [0.29, 0.717) is 24.4 Å². The molecule has 22 heavy (non-hydrogen) atoms. The van der Waals surface area contributed by atoms with Crippen molar-refractivity contribution in [3.05, 3.63) is 42.5 Å². The largest absolute Gasteiger partial charge is 0.478 e. The number of benzene rings is 1. The van der Waals surface area contributed by atoms with Crippen molar-refractivity contribution < 1.29 is 24.9 Å². The lowest BCUT2D eigenvalue weighted by Crippen LogP contribution is -2.35. The van der Waals surface area contributed by atoms with Gasteiger partial charge < -0.3 is 15.3 Å². The molecule has 8 heteroatoms. The van der Waals surface area contributed by atoms with E-state index in [0.717, 1.165) is 0 Å². The van der Waals surface area contributed by atoms with Crippen molar-refractivity contribution in [2.75, 3.05) is 19.3 Å². The summed E-state index contributed by atoms with van der Waals surface area (Å²) >= 11 is 1.64. The third kappa shape index (κ3) is 13.1. The molecule has 0 aliphatic carbocycles. The molecule has 1 aromatic carbocycles. The van der Waals surface area contributed by atoms with Crippen LogP contribution in [0.5, 0.6) is 0 Å². The van der Waals surface area contributed by atoms with E-state index >= 15 is 0 Å². The number of aliphatic hydroxyl groups is 1. The quantitative estimate of drug-likeness (QED) is 0.249. The monoisotopic (exact) mass is 328 g/mol. The van der Waals surface area contributed by atoms with Crippen molar-refractivity contribution in [2.24, 2.45) is 5.84 Å². The number of carboxylic acid groups (broad SMARTS) is 2. The summed E-state index contributed by atoms with van der Waals surface area (Å²) in [6, 6.07) is 10.0. The van der Waals surface area contributed by atoms with Gasteiger partial charge in [-0.3, -0.25) is 5.84 Å². The third-order valence-electron chi connectivity index (χ3n) is 2.05. The molecule has 0 radical (unpaired) electrons. The topological polar surface area (TPSA) is 124 Å². The van der Waals surface area contributed by atoms with Gasteiger partial charge in [-0.1, -0.05) is 18.2 Å². The number of hydrogen-bond donors (Lipinski definition) is 4. The molecule has 0 saturated carbocycles. The van der Waals surface area contributed by atoms with Gasteiger partial charge in [-0.15, -0.1) is 11.8 Å². The summed E-state index contributed by atoms with van der Waals surface area (Å²) in [7, 11) is 1.75. The maximum atomic E-state index is 9.55. The van der Waals surface area contributed by atoms with E-state index in [1.807, 2.05) is 30.3 Å². The van der Waals surface area contributed by atoms with Crippen LogP contribution in [0.4, 0.5) is 0 Å². The Morgan fingerprint density at radius 2 is 1.73 bits per heavy atom. The zero-order chi connectivity index (χ0) is 17.0. The number of hydrogen-bond acceptors (Lipinski definition) is 6. The predicted molar refractivity (Wildman–Crippen MR) is 84.4 cm³/mol. The normalized spacial score (nSPS) is 11.8. The summed E-state index contributed by atoms with van der Waals surface area (Å²) in [4.78, 5) is 20.3. The fourth-order valence-corrected chi connectivity index (χ4v) is 2.08. The third-order valence-corrected chi connectivity index (χ3v) is 3.21. The Labute approximate surface area is 133 Å². The molecule has 0 bridgehead atoms. The lowest BCUT2D eigenvalue weighted by molar-refractivity contribution is -0.134. The maximum absolute atomic E-state index is 9.55. The number of aliphatic hydroxyl groups excluding tert-OH is 1. The average molecular weight is 328 g/mol. The van der Waals surface area contributed by atoms with E-state index < -0.39 is 11.9 Å². The first-order valence-corrected chi connectivity index (χ1v) is 7.25. The van der Waals surface area contributed by atoms with E-state index in [-0.39, 0.29) is 6.10 Å². The molecule has 122 valence electrons. The van der Waals surface area contributed by atoms with E-state index in [1.54, 1.807) is 18.8 Å². The van der Waals surface area contributed by atoms with Crippen LogP contribution in [-0.2, 0) is 9.59 Å². The van der Waals surface area contributed by atoms with E-state index in [4.69, 9.17) is 16.1 Å². The number of nitrogens with two attached hydrogens (primary N) is 1. The molecule has 0 aliphatic rings. The van der Waals surface area contributed by atoms with Gasteiger partial charge in [0.1, 0.15) is 0 Å². The zero-order valence-electron chi connectivity index (χ0n) is 12.1. The van der Waals surface area contributed by atoms with Crippen LogP contribution in [0, 0.1) is 0 Å². The Kier molecular flexibility index (Phi) is 10.8. The highest BCUT2D eigenvalue weighted by molar-refractivity contribution is 7.99. The smallest absolute Gasteiger partial charge is 0.328 e. The minimum Gasteiger partial charge on any atom is -0.478 e. The molecule has 0 fully saturated rings. The second-order valence-corrected chi connectivity index (χ2v) is 5.32. The van der Waals surface area contributed by atoms with E-state index in [1.165, 1.54) is 9.90 Å². The molecule has 1 rings (SSSR count). The van der Waals surface area contributed by atoms with Crippen molar-refractivity contribution in [1.29, 1.82) is 0 Å². The van der Waals surface area contributed by atoms with Gasteiger partial charge in [-0.05, 0) is 12.1 Å². The van der Waals surface area contributed by atoms with Crippen LogP contribution in [0.15, 0.2) is 47.4 Å². The van der Waals surface area contributed by atoms with E-state index in [2.05, 4.69) is 0 Å². The highest BCUT2D eigenvalue weighted by Gasteiger charge is 2.05. The number of nitrogens with zero attached hydrogens (tertiary/aromatic N) is 1. The zero-order valence-corrected chi connectivity index (χ0v) is 12.9. The van der Waals surface area contributed by atoms with Gasteiger partial charge >= 0.3 is 11.9 Å². The minimum absolute atomic E-state index is 0.379. The molecule has 0 saturated heterocycles. The van der Waals surface area contributed by atoms with Gasteiger partial charge in [0.2, 0.25) is 0 Å². The highest BCUT2D eigenvalue weighted by Crippen LogP contribution is 2.17. The average Bonchev–Trinajstić information content (AvgIpc) is 2.44. The lowest BCUT2D eigenvalue weighted by atomic mass is 10.4. The van der Waals surface area contributed by atoms with Gasteiger partial charge in [-0.25, -0.2) is 14.6 Å². The summed E-state index contributed by atoms with van der Waals surface area (Å²) in [6.07, 6.45) is 0.736. The number of carboxylic acids is 2. The molecule has 0 aliphatic heterocycles. The Balaban J connectivity index is 0.000000472.